The molecule has 0 bridgehead atoms. The molecule has 1 amide bonds. The Labute approximate surface area is 84.2 Å². The summed E-state index contributed by atoms with van der Waals surface area (Å²) in [4.78, 5) is 11.3. The van der Waals surface area contributed by atoms with Crippen molar-refractivity contribution < 1.29 is 17.9 Å². The van der Waals surface area contributed by atoms with E-state index in [0.717, 1.165) is 6.26 Å². The second-order valence-electron chi connectivity index (χ2n) is 3.73. The Morgan fingerprint density at radius 1 is 1.36 bits per heavy atom. The maximum Gasteiger partial charge on any atom is 0.439 e. The Bertz CT molecular complexity index is 304. The molecule has 0 aliphatic carbocycles. The molecule has 6 nitrogen and oxygen atoms in total. The van der Waals surface area contributed by atoms with E-state index in [1.54, 1.807) is 20.8 Å². The van der Waals surface area contributed by atoms with Crippen LogP contribution in [0.25, 0.3) is 0 Å². The van der Waals surface area contributed by atoms with E-state index in [2.05, 4.69) is 5.43 Å². The van der Waals surface area contributed by atoms with Gasteiger partial charge in [-0.05, 0) is 20.8 Å². The zero-order valence-corrected chi connectivity index (χ0v) is 9.80. The van der Waals surface area contributed by atoms with Crippen molar-refractivity contribution >= 4 is 16.1 Å². The molecule has 1 N–H and O–H groups in total. The summed E-state index contributed by atoms with van der Waals surface area (Å²) in [5, 5.41) is 0. The predicted octanol–water partition coefficient (Wildman–Crippen LogP) is 0.318. The molecular weight excluding hydrogens is 208 g/mol. The first kappa shape index (κ1) is 13.2. The summed E-state index contributed by atoms with van der Waals surface area (Å²) in [5.74, 6) is 0. The van der Waals surface area contributed by atoms with Gasteiger partial charge in [0.1, 0.15) is 5.60 Å². The highest BCUT2D eigenvalue weighted by atomic mass is 32.2. The summed E-state index contributed by atoms with van der Waals surface area (Å²) in [5.41, 5.74) is 1.51. The average Bonchev–Trinajstić information content (AvgIpc) is 1.79. The summed E-state index contributed by atoms with van der Waals surface area (Å²) in [7, 11) is -2.31. The van der Waals surface area contributed by atoms with Crippen molar-refractivity contribution in [3.8, 4) is 0 Å². The van der Waals surface area contributed by atoms with Gasteiger partial charge >= 0.3 is 6.09 Å². The van der Waals surface area contributed by atoms with Gasteiger partial charge in [0.25, 0.3) is 10.0 Å². The first-order valence-corrected chi connectivity index (χ1v) is 5.83. The third-order valence-electron chi connectivity index (χ3n) is 1.09. The summed E-state index contributed by atoms with van der Waals surface area (Å²) in [6, 6.07) is 0. The Morgan fingerprint density at radius 2 is 1.79 bits per heavy atom. The van der Waals surface area contributed by atoms with E-state index in [-0.39, 0.29) is 0 Å². The number of carbonyl (C=O) groups excluding carboxylic acids is 1. The van der Waals surface area contributed by atoms with Crippen LogP contribution in [0.1, 0.15) is 20.8 Å². The molecule has 0 aromatic heterocycles. The lowest BCUT2D eigenvalue weighted by molar-refractivity contribution is 0.0340. The average molecular weight is 224 g/mol. The molecule has 0 atom stereocenters. The van der Waals surface area contributed by atoms with Crippen LogP contribution in [0.15, 0.2) is 0 Å². The minimum absolute atomic E-state index is 0.443. The molecule has 0 aliphatic rings. The molecule has 84 valence electrons. The van der Waals surface area contributed by atoms with Gasteiger partial charge in [0.2, 0.25) is 0 Å². The fraction of sp³-hybridized carbons (Fsp3) is 0.857. The molecule has 0 radical (unpaired) electrons. The van der Waals surface area contributed by atoms with Crippen LogP contribution < -0.4 is 5.43 Å². The van der Waals surface area contributed by atoms with Gasteiger partial charge < -0.3 is 4.74 Å². The third kappa shape index (κ3) is 4.43. The smallest absolute Gasteiger partial charge is 0.439 e. The Balaban J connectivity index is 4.67. The zero-order chi connectivity index (χ0) is 11.6. The standard InChI is InChI=1S/C7H16N2O4S/c1-7(2,3)13-6(10)9(8-4)14(5,11)12/h8H,1-5H3. The highest BCUT2D eigenvalue weighted by molar-refractivity contribution is 7.88. The lowest BCUT2D eigenvalue weighted by Crippen LogP contribution is -2.46. The molecule has 0 aromatic rings. The number of amides is 1. The molecule has 7 heteroatoms. The Hall–Kier alpha value is -0.820. The number of nitrogens with one attached hydrogen (secondary N) is 1. The van der Waals surface area contributed by atoms with Crippen LogP contribution in [0.3, 0.4) is 0 Å². The van der Waals surface area contributed by atoms with Gasteiger partial charge in [0, 0.05) is 7.05 Å². The lowest BCUT2D eigenvalue weighted by Gasteiger charge is -2.24. The number of hydrogen-bond donors (Lipinski definition) is 1. The van der Waals surface area contributed by atoms with Crippen molar-refractivity contribution in [1.82, 2.24) is 9.84 Å². The van der Waals surface area contributed by atoms with Crippen molar-refractivity contribution in [1.29, 1.82) is 0 Å². The summed E-state index contributed by atoms with van der Waals surface area (Å²) in [6.45, 7) is 4.96. The van der Waals surface area contributed by atoms with E-state index in [0.29, 0.717) is 4.41 Å². The van der Waals surface area contributed by atoms with Crippen LogP contribution in [0.5, 0.6) is 0 Å². The maximum absolute atomic E-state index is 11.3. The Morgan fingerprint density at radius 3 is 2.00 bits per heavy atom. The molecular formula is C7H16N2O4S. The van der Waals surface area contributed by atoms with Gasteiger partial charge in [-0.15, -0.1) is 4.41 Å². The monoisotopic (exact) mass is 224 g/mol. The van der Waals surface area contributed by atoms with Crippen molar-refractivity contribution in [2.24, 2.45) is 0 Å². The normalized spacial score (nSPS) is 12.4. The summed E-state index contributed by atoms with van der Waals surface area (Å²) >= 11 is 0. The summed E-state index contributed by atoms with van der Waals surface area (Å²) < 4.78 is 27.4. The van der Waals surface area contributed by atoms with E-state index >= 15 is 0 Å². The van der Waals surface area contributed by atoms with Gasteiger partial charge in [0.05, 0.1) is 6.26 Å². The van der Waals surface area contributed by atoms with Crippen LogP contribution in [0, 0.1) is 0 Å². The molecule has 0 rings (SSSR count). The highest BCUT2D eigenvalue weighted by Crippen LogP contribution is 2.10. The van der Waals surface area contributed by atoms with Gasteiger partial charge in [-0.2, -0.15) is 0 Å². The van der Waals surface area contributed by atoms with E-state index in [4.69, 9.17) is 4.74 Å². The minimum atomic E-state index is -3.64. The van der Waals surface area contributed by atoms with Crippen molar-refractivity contribution in [3.63, 3.8) is 0 Å². The molecule has 14 heavy (non-hydrogen) atoms. The van der Waals surface area contributed by atoms with Crippen molar-refractivity contribution in [2.75, 3.05) is 13.3 Å². The number of nitrogens with zero attached hydrogens (tertiary/aromatic N) is 1. The SMILES string of the molecule is CNN(C(=O)OC(C)(C)C)S(C)(=O)=O. The highest BCUT2D eigenvalue weighted by Gasteiger charge is 2.27. The van der Waals surface area contributed by atoms with Gasteiger partial charge in [-0.1, -0.05) is 0 Å². The number of carbonyl (C=O) groups is 1. The fourth-order valence-electron chi connectivity index (χ4n) is 0.696. The topological polar surface area (TPSA) is 75.7 Å². The van der Waals surface area contributed by atoms with Crippen LogP contribution in [-0.4, -0.2) is 37.8 Å². The zero-order valence-electron chi connectivity index (χ0n) is 8.99. The first-order valence-electron chi connectivity index (χ1n) is 3.98. The third-order valence-corrected chi connectivity index (χ3v) is 2.09. The van der Waals surface area contributed by atoms with Gasteiger partial charge in [-0.3, -0.25) is 0 Å². The number of ether oxygens (including phenoxy) is 1. The molecule has 0 saturated heterocycles. The fourth-order valence-corrected chi connectivity index (χ4v) is 1.34. The van der Waals surface area contributed by atoms with E-state index < -0.39 is 21.7 Å². The van der Waals surface area contributed by atoms with Crippen LogP contribution in [0.4, 0.5) is 4.79 Å². The Kier molecular flexibility index (Phi) is 3.90. The van der Waals surface area contributed by atoms with Crippen LogP contribution in [-0.2, 0) is 14.8 Å². The molecule has 0 saturated carbocycles. The van der Waals surface area contributed by atoms with E-state index in [9.17, 15) is 13.2 Å². The molecule has 0 fully saturated rings. The van der Waals surface area contributed by atoms with Crippen molar-refractivity contribution in [2.45, 2.75) is 26.4 Å². The van der Waals surface area contributed by atoms with Crippen molar-refractivity contribution in [3.05, 3.63) is 0 Å². The maximum atomic E-state index is 11.3. The predicted molar refractivity (Wildman–Crippen MR) is 52.0 cm³/mol. The molecule has 0 heterocycles. The molecule has 0 aliphatic heterocycles. The number of sulfonamides is 1. The van der Waals surface area contributed by atoms with E-state index in [1.165, 1.54) is 7.05 Å². The second kappa shape index (κ2) is 4.14. The van der Waals surface area contributed by atoms with Crippen LogP contribution >= 0.6 is 0 Å². The molecule has 0 unspecified atom stereocenters. The second-order valence-corrected chi connectivity index (χ2v) is 5.56. The molecule has 0 aromatic carbocycles. The number of rotatable bonds is 2. The minimum Gasteiger partial charge on any atom is -0.442 e. The van der Waals surface area contributed by atoms with Crippen LogP contribution in [0.2, 0.25) is 0 Å². The number of hydrogen-bond acceptors (Lipinski definition) is 5. The quantitative estimate of drug-likeness (QED) is 0.683. The van der Waals surface area contributed by atoms with Gasteiger partial charge in [-0.25, -0.2) is 18.6 Å². The van der Waals surface area contributed by atoms with E-state index in [1.807, 2.05) is 0 Å². The first-order chi connectivity index (χ1) is 6.08. The molecule has 0 spiro atoms. The number of hydrazine groups is 1. The lowest BCUT2D eigenvalue weighted by atomic mass is 10.2. The summed E-state index contributed by atoms with van der Waals surface area (Å²) in [6.07, 6.45) is -0.0320. The largest absolute Gasteiger partial charge is 0.442 e. The van der Waals surface area contributed by atoms with Gasteiger partial charge in [0.15, 0.2) is 0 Å².